The van der Waals surface area contributed by atoms with E-state index in [0.717, 1.165) is 27.6 Å². The molecular weight excluding hydrogens is 401 g/mol. The Hall–Kier alpha value is -3.69. The van der Waals surface area contributed by atoms with E-state index in [0.29, 0.717) is 16.9 Å². The minimum atomic E-state index is -0.293. The summed E-state index contributed by atoms with van der Waals surface area (Å²) < 4.78 is 13.3. The van der Waals surface area contributed by atoms with E-state index in [9.17, 15) is 9.65 Å². The summed E-state index contributed by atoms with van der Waals surface area (Å²) in [5.41, 5.74) is 10.7. The van der Waals surface area contributed by atoms with E-state index < -0.39 is 0 Å². The molecule has 0 radical (unpaired) electrons. The molecule has 4 aromatic rings. The van der Waals surface area contributed by atoms with E-state index in [2.05, 4.69) is 21.4 Å². The van der Waals surface area contributed by atoms with Crippen LogP contribution in [-0.2, 0) is 0 Å². The van der Waals surface area contributed by atoms with Crippen LogP contribution in [0.3, 0.4) is 0 Å². The molecule has 0 spiro atoms. The number of nitriles is 1. The van der Waals surface area contributed by atoms with Gasteiger partial charge in [-0.1, -0.05) is 29.8 Å². The van der Waals surface area contributed by atoms with E-state index in [1.54, 1.807) is 30.6 Å². The van der Waals surface area contributed by atoms with Crippen LogP contribution in [-0.4, -0.2) is 9.97 Å². The van der Waals surface area contributed by atoms with Crippen LogP contribution in [0.5, 0.6) is 0 Å². The molecule has 0 fully saturated rings. The van der Waals surface area contributed by atoms with Crippen LogP contribution >= 0.6 is 11.6 Å². The second-order valence-electron chi connectivity index (χ2n) is 6.91. The third-order valence-corrected chi connectivity index (χ3v) is 5.23. The summed E-state index contributed by atoms with van der Waals surface area (Å²) in [5, 5.41) is 14.1. The summed E-state index contributed by atoms with van der Waals surface area (Å²) in [6.45, 7) is 1.95. The molecule has 3 N–H and O–H groups in total. The lowest BCUT2D eigenvalue weighted by Crippen LogP contribution is -2.09. The molecular formula is C23H17ClFN5. The van der Waals surface area contributed by atoms with Gasteiger partial charge in [-0.05, 0) is 48.4 Å². The minimum absolute atomic E-state index is 0.153. The van der Waals surface area contributed by atoms with Gasteiger partial charge in [-0.2, -0.15) is 5.26 Å². The molecule has 2 aromatic carbocycles. The van der Waals surface area contributed by atoms with Crippen molar-refractivity contribution in [2.75, 3.05) is 11.1 Å². The van der Waals surface area contributed by atoms with Crippen molar-refractivity contribution < 1.29 is 4.39 Å². The van der Waals surface area contributed by atoms with Crippen LogP contribution in [0.15, 0.2) is 60.9 Å². The number of hydrogen-bond donors (Lipinski definition) is 2. The molecule has 7 heteroatoms. The molecule has 148 valence electrons. The Balaban J connectivity index is 1.81. The van der Waals surface area contributed by atoms with Crippen LogP contribution in [0.1, 0.15) is 24.1 Å². The average molecular weight is 418 g/mol. The number of anilines is 2. The van der Waals surface area contributed by atoms with Gasteiger partial charge in [-0.3, -0.25) is 4.98 Å². The molecule has 30 heavy (non-hydrogen) atoms. The van der Waals surface area contributed by atoms with Gasteiger partial charge in [0.1, 0.15) is 11.9 Å². The van der Waals surface area contributed by atoms with Crippen LogP contribution in [0.4, 0.5) is 15.8 Å². The first-order valence-electron chi connectivity index (χ1n) is 9.22. The number of aromatic nitrogens is 2. The van der Waals surface area contributed by atoms with Crippen molar-refractivity contribution >= 4 is 33.9 Å². The van der Waals surface area contributed by atoms with E-state index in [4.69, 9.17) is 17.3 Å². The number of halogens is 2. The Kier molecular flexibility index (Phi) is 5.21. The largest absolute Gasteiger partial charge is 0.396 e. The lowest BCUT2D eigenvalue weighted by atomic mass is 10.0. The van der Waals surface area contributed by atoms with Crippen LogP contribution in [0, 0.1) is 17.1 Å². The fourth-order valence-electron chi connectivity index (χ4n) is 3.29. The van der Waals surface area contributed by atoms with Crippen molar-refractivity contribution in [1.82, 2.24) is 9.97 Å². The van der Waals surface area contributed by atoms with Gasteiger partial charge < -0.3 is 11.1 Å². The van der Waals surface area contributed by atoms with E-state index in [1.807, 2.05) is 25.1 Å². The maximum absolute atomic E-state index is 13.3. The molecule has 0 amide bonds. The zero-order chi connectivity index (χ0) is 21.3. The molecule has 1 atom stereocenters. The highest BCUT2D eigenvalue weighted by Crippen LogP contribution is 2.33. The number of nitrogen functional groups attached to an aromatic ring is 1. The van der Waals surface area contributed by atoms with Gasteiger partial charge in [0.05, 0.1) is 22.5 Å². The highest BCUT2D eigenvalue weighted by atomic mass is 35.5. The third kappa shape index (κ3) is 3.76. The molecule has 5 nitrogen and oxygen atoms in total. The predicted octanol–water partition coefficient (Wildman–Crippen LogP) is 5.72. The molecule has 4 rings (SSSR count). The quantitative estimate of drug-likeness (QED) is 0.415. The molecule has 0 aliphatic rings. The zero-order valence-corrected chi connectivity index (χ0v) is 16.8. The zero-order valence-electron chi connectivity index (χ0n) is 16.0. The molecule has 0 bridgehead atoms. The van der Waals surface area contributed by atoms with Crippen LogP contribution < -0.4 is 11.1 Å². The van der Waals surface area contributed by atoms with Crippen LogP contribution in [0.2, 0.25) is 5.15 Å². The molecule has 2 aromatic heterocycles. The number of fused-ring (bicyclic) bond motifs is 1. The molecule has 0 saturated carbocycles. The SMILES string of the molecule is CC(Nc1c(C#N)cnc2ccc(-c3cnc(Cl)c(N)c3)cc12)c1ccc(F)cc1. The standard InChI is InChI=1S/C23H17ClFN5/c1-13(14-2-5-18(25)6-3-14)30-22-17(10-26)12-28-21-7-4-15(8-19(21)22)16-9-20(27)23(24)29-11-16/h2-9,11-13H,27H2,1H3,(H,28,30). The minimum Gasteiger partial charge on any atom is -0.396 e. The van der Waals surface area contributed by atoms with Gasteiger partial charge in [0.15, 0.2) is 5.15 Å². The first-order chi connectivity index (χ1) is 14.5. The second-order valence-corrected chi connectivity index (χ2v) is 7.27. The van der Waals surface area contributed by atoms with Crippen molar-refractivity contribution in [3.05, 3.63) is 83.0 Å². The summed E-state index contributed by atoms with van der Waals surface area (Å²) in [5.74, 6) is -0.293. The van der Waals surface area contributed by atoms with Crippen LogP contribution in [0.25, 0.3) is 22.0 Å². The number of nitrogens with zero attached hydrogens (tertiary/aromatic N) is 3. The number of nitrogens with one attached hydrogen (secondary N) is 1. The van der Waals surface area contributed by atoms with E-state index in [-0.39, 0.29) is 17.0 Å². The average Bonchev–Trinajstić information content (AvgIpc) is 2.76. The Morgan fingerprint density at radius 3 is 2.53 bits per heavy atom. The molecule has 1 unspecified atom stereocenters. The highest BCUT2D eigenvalue weighted by Gasteiger charge is 2.14. The number of hydrogen-bond acceptors (Lipinski definition) is 5. The highest BCUT2D eigenvalue weighted by molar-refractivity contribution is 6.31. The first-order valence-corrected chi connectivity index (χ1v) is 9.60. The van der Waals surface area contributed by atoms with Gasteiger partial charge in [-0.15, -0.1) is 0 Å². The normalized spacial score (nSPS) is 11.8. The predicted molar refractivity (Wildman–Crippen MR) is 118 cm³/mol. The van der Waals surface area contributed by atoms with Gasteiger partial charge in [0.2, 0.25) is 0 Å². The van der Waals surface area contributed by atoms with Crippen molar-refractivity contribution in [2.24, 2.45) is 0 Å². The van der Waals surface area contributed by atoms with Crippen molar-refractivity contribution in [3.8, 4) is 17.2 Å². The summed E-state index contributed by atoms with van der Waals surface area (Å²) in [6, 6.07) is 15.8. The number of pyridine rings is 2. The van der Waals surface area contributed by atoms with Gasteiger partial charge in [0.25, 0.3) is 0 Å². The van der Waals surface area contributed by atoms with E-state index >= 15 is 0 Å². The molecule has 0 aliphatic carbocycles. The van der Waals surface area contributed by atoms with Gasteiger partial charge in [-0.25, -0.2) is 9.37 Å². The van der Waals surface area contributed by atoms with E-state index in [1.165, 1.54) is 12.1 Å². The fourth-order valence-corrected chi connectivity index (χ4v) is 3.39. The summed E-state index contributed by atoms with van der Waals surface area (Å²) in [7, 11) is 0. The number of nitrogens with two attached hydrogens (primary N) is 1. The summed E-state index contributed by atoms with van der Waals surface area (Å²) in [6.07, 6.45) is 3.19. The lowest BCUT2D eigenvalue weighted by molar-refractivity contribution is 0.626. The summed E-state index contributed by atoms with van der Waals surface area (Å²) >= 11 is 5.94. The lowest BCUT2D eigenvalue weighted by Gasteiger charge is -2.19. The van der Waals surface area contributed by atoms with Crippen molar-refractivity contribution in [3.63, 3.8) is 0 Å². The summed E-state index contributed by atoms with van der Waals surface area (Å²) in [4.78, 5) is 8.51. The second kappa shape index (κ2) is 7.97. The molecule has 0 saturated heterocycles. The monoisotopic (exact) mass is 417 g/mol. The Labute approximate surface area is 178 Å². The molecule has 2 heterocycles. The van der Waals surface area contributed by atoms with Gasteiger partial charge >= 0.3 is 0 Å². The maximum atomic E-state index is 13.3. The van der Waals surface area contributed by atoms with Gasteiger partial charge in [0, 0.05) is 29.4 Å². The number of rotatable bonds is 4. The smallest absolute Gasteiger partial charge is 0.151 e. The Bertz CT molecular complexity index is 1280. The Morgan fingerprint density at radius 1 is 1.07 bits per heavy atom. The maximum Gasteiger partial charge on any atom is 0.151 e. The topological polar surface area (TPSA) is 87.6 Å². The first kappa shape index (κ1) is 19.6. The third-order valence-electron chi connectivity index (χ3n) is 4.92. The number of benzene rings is 2. The van der Waals surface area contributed by atoms with Crippen molar-refractivity contribution in [1.29, 1.82) is 5.26 Å². The van der Waals surface area contributed by atoms with Crippen molar-refractivity contribution in [2.45, 2.75) is 13.0 Å². The fraction of sp³-hybridized carbons (Fsp3) is 0.0870. The Morgan fingerprint density at radius 2 is 1.83 bits per heavy atom. The molecule has 0 aliphatic heterocycles.